The summed E-state index contributed by atoms with van der Waals surface area (Å²) in [5.41, 5.74) is 0.445. The number of likely N-dealkylation sites (N-methyl/N-ethyl adjacent to an activating group) is 1. The Kier molecular flexibility index (Phi) is 2.61. The van der Waals surface area contributed by atoms with Gasteiger partial charge in [-0.3, -0.25) is 4.90 Å². The summed E-state index contributed by atoms with van der Waals surface area (Å²) in [5, 5.41) is 3.66. The van der Waals surface area contributed by atoms with Crippen LogP contribution in [-0.2, 0) is 0 Å². The van der Waals surface area contributed by atoms with Gasteiger partial charge in [0.1, 0.15) is 0 Å². The predicted octanol–water partition coefficient (Wildman–Crippen LogP) is 1.61. The SMILES string of the molecule is CN1CCCCCC2NCC[C@@]21C. The van der Waals surface area contributed by atoms with Crippen molar-refractivity contribution < 1.29 is 0 Å². The van der Waals surface area contributed by atoms with Crippen molar-refractivity contribution in [3.63, 3.8) is 0 Å². The molecule has 0 aliphatic carbocycles. The average molecular weight is 182 g/mol. The number of nitrogens with zero attached hydrogens (tertiary/aromatic N) is 1. The first-order valence-corrected chi connectivity index (χ1v) is 5.68. The largest absolute Gasteiger partial charge is 0.312 e. The maximum atomic E-state index is 3.66. The smallest absolute Gasteiger partial charge is 0.0343 e. The summed E-state index contributed by atoms with van der Waals surface area (Å²) in [4.78, 5) is 2.58. The molecule has 2 nitrogen and oxygen atoms in total. The van der Waals surface area contributed by atoms with Crippen LogP contribution in [0, 0.1) is 0 Å². The molecule has 2 atom stereocenters. The summed E-state index contributed by atoms with van der Waals surface area (Å²) in [7, 11) is 2.30. The minimum atomic E-state index is 0.445. The van der Waals surface area contributed by atoms with E-state index in [9.17, 15) is 0 Å². The number of rotatable bonds is 0. The molecule has 13 heavy (non-hydrogen) atoms. The molecular formula is C11H22N2. The second kappa shape index (κ2) is 3.58. The molecule has 0 saturated carbocycles. The van der Waals surface area contributed by atoms with Gasteiger partial charge < -0.3 is 5.32 Å². The third kappa shape index (κ3) is 1.62. The van der Waals surface area contributed by atoms with Gasteiger partial charge in [0.2, 0.25) is 0 Å². The van der Waals surface area contributed by atoms with Gasteiger partial charge >= 0.3 is 0 Å². The Morgan fingerprint density at radius 2 is 2.15 bits per heavy atom. The average Bonchev–Trinajstić information content (AvgIpc) is 2.45. The summed E-state index contributed by atoms with van der Waals surface area (Å²) in [6.45, 7) is 4.93. The van der Waals surface area contributed by atoms with Crippen LogP contribution in [0.15, 0.2) is 0 Å². The Hall–Kier alpha value is -0.0800. The van der Waals surface area contributed by atoms with Crippen LogP contribution >= 0.6 is 0 Å². The number of hydrogen-bond donors (Lipinski definition) is 1. The van der Waals surface area contributed by atoms with Crippen molar-refractivity contribution in [1.82, 2.24) is 10.2 Å². The minimum absolute atomic E-state index is 0.445. The summed E-state index contributed by atoms with van der Waals surface area (Å²) in [6.07, 6.45) is 6.92. The van der Waals surface area contributed by atoms with Crippen LogP contribution in [-0.4, -0.2) is 36.6 Å². The molecule has 2 saturated heterocycles. The quantitative estimate of drug-likeness (QED) is 0.612. The Balaban J connectivity index is 2.12. The van der Waals surface area contributed by atoms with E-state index in [2.05, 4.69) is 24.2 Å². The van der Waals surface area contributed by atoms with Gasteiger partial charge in [-0.25, -0.2) is 0 Å². The zero-order valence-corrected chi connectivity index (χ0v) is 8.97. The van der Waals surface area contributed by atoms with Crippen molar-refractivity contribution in [2.75, 3.05) is 20.1 Å². The first kappa shape index (κ1) is 9.47. The molecule has 2 heterocycles. The molecule has 2 aliphatic heterocycles. The molecule has 0 aromatic heterocycles. The molecule has 76 valence electrons. The first-order chi connectivity index (χ1) is 6.23. The topological polar surface area (TPSA) is 15.3 Å². The lowest BCUT2D eigenvalue weighted by atomic mass is 9.86. The van der Waals surface area contributed by atoms with Crippen molar-refractivity contribution in [1.29, 1.82) is 0 Å². The van der Waals surface area contributed by atoms with Gasteiger partial charge in [-0.15, -0.1) is 0 Å². The number of hydrogen-bond acceptors (Lipinski definition) is 2. The van der Waals surface area contributed by atoms with Crippen molar-refractivity contribution >= 4 is 0 Å². The molecule has 0 aromatic carbocycles. The number of nitrogens with one attached hydrogen (secondary N) is 1. The van der Waals surface area contributed by atoms with Crippen molar-refractivity contribution in [2.24, 2.45) is 0 Å². The summed E-state index contributed by atoms with van der Waals surface area (Å²) < 4.78 is 0. The highest BCUT2D eigenvalue weighted by Gasteiger charge is 2.41. The molecule has 2 heteroatoms. The molecular weight excluding hydrogens is 160 g/mol. The summed E-state index contributed by atoms with van der Waals surface area (Å²) >= 11 is 0. The third-order valence-corrected chi connectivity index (χ3v) is 4.13. The lowest BCUT2D eigenvalue weighted by Gasteiger charge is -2.41. The molecule has 0 spiro atoms. The van der Waals surface area contributed by atoms with Crippen molar-refractivity contribution in [2.45, 2.75) is 50.6 Å². The highest BCUT2D eigenvalue weighted by atomic mass is 15.2. The standard InChI is InChI=1S/C11H22N2/c1-11-7-8-12-10(11)6-4-3-5-9-13(11)2/h10,12H,3-9H2,1-2H3/t10?,11-/m0/s1. The van der Waals surface area contributed by atoms with E-state index in [1.165, 1.54) is 45.2 Å². The minimum Gasteiger partial charge on any atom is -0.312 e. The molecule has 0 radical (unpaired) electrons. The molecule has 0 aromatic rings. The zero-order chi connectivity index (χ0) is 9.31. The molecule has 1 unspecified atom stereocenters. The third-order valence-electron chi connectivity index (χ3n) is 4.13. The molecule has 2 aliphatic rings. The Labute approximate surface area is 81.7 Å². The maximum absolute atomic E-state index is 3.66. The van der Waals surface area contributed by atoms with Gasteiger partial charge in [0, 0.05) is 11.6 Å². The van der Waals surface area contributed by atoms with Gasteiger partial charge in [0.25, 0.3) is 0 Å². The lowest BCUT2D eigenvalue weighted by molar-refractivity contribution is 0.104. The van der Waals surface area contributed by atoms with Crippen LogP contribution in [0.25, 0.3) is 0 Å². The van der Waals surface area contributed by atoms with E-state index in [0.717, 1.165) is 6.04 Å². The molecule has 2 fully saturated rings. The fraction of sp³-hybridized carbons (Fsp3) is 1.00. The summed E-state index contributed by atoms with van der Waals surface area (Å²) in [5.74, 6) is 0. The van der Waals surface area contributed by atoms with Crippen LogP contribution < -0.4 is 5.32 Å². The highest BCUT2D eigenvalue weighted by molar-refractivity contribution is 5.02. The number of fused-ring (bicyclic) bond motifs is 1. The number of likely N-dealkylation sites (tertiary alicyclic amines) is 1. The zero-order valence-electron chi connectivity index (χ0n) is 8.97. The predicted molar refractivity (Wildman–Crippen MR) is 55.9 cm³/mol. The van der Waals surface area contributed by atoms with E-state index >= 15 is 0 Å². The van der Waals surface area contributed by atoms with Crippen molar-refractivity contribution in [3.05, 3.63) is 0 Å². The lowest BCUT2D eigenvalue weighted by Crippen LogP contribution is -2.53. The van der Waals surface area contributed by atoms with E-state index in [-0.39, 0.29) is 0 Å². The molecule has 1 N–H and O–H groups in total. The molecule has 2 rings (SSSR count). The second-order valence-electron chi connectivity index (χ2n) is 4.88. The second-order valence-corrected chi connectivity index (χ2v) is 4.88. The Morgan fingerprint density at radius 3 is 3.00 bits per heavy atom. The molecule has 0 amide bonds. The highest BCUT2D eigenvalue weighted by Crippen LogP contribution is 2.32. The van der Waals surface area contributed by atoms with E-state index < -0.39 is 0 Å². The molecule has 0 bridgehead atoms. The van der Waals surface area contributed by atoms with E-state index in [0.29, 0.717) is 5.54 Å². The van der Waals surface area contributed by atoms with Crippen LogP contribution in [0.4, 0.5) is 0 Å². The first-order valence-electron chi connectivity index (χ1n) is 5.68. The fourth-order valence-electron chi connectivity index (χ4n) is 2.89. The van der Waals surface area contributed by atoms with Crippen LogP contribution in [0.1, 0.15) is 39.0 Å². The van der Waals surface area contributed by atoms with E-state index in [1.807, 2.05) is 0 Å². The van der Waals surface area contributed by atoms with Gasteiger partial charge in [0.05, 0.1) is 0 Å². The Bertz CT molecular complexity index is 181. The normalized spacial score (nSPS) is 42.5. The van der Waals surface area contributed by atoms with Gasteiger partial charge in [0.15, 0.2) is 0 Å². The van der Waals surface area contributed by atoms with Crippen LogP contribution in [0.5, 0.6) is 0 Å². The monoisotopic (exact) mass is 182 g/mol. The fourth-order valence-corrected chi connectivity index (χ4v) is 2.89. The maximum Gasteiger partial charge on any atom is 0.0343 e. The summed E-state index contributed by atoms with van der Waals surface area (Å²) in [6, 6.07) is 0.748. The van der Waals surface area contributed by atoms with Gasteiger partial charge in [-0.2, -0.15) is 0 Å². The van der Waals surface area contributed by atoms with Gasteiger partial charge in [-0.05, 0) is 46.3 Å². The Morgan fingerprint density at radius 1 is 1.31 bits per heavy atom. The van der Waals surface area contributed by atoms with Crippen molar-refractivity contribution in [3.8, 4) is 0 Å². The van der Waals surface area contributed by atoms with E-state index in [1.54, 1.807) is 0 Å². The van der Waals surface area contributed by atoms with E-state index in [4.69, 9.17) is 0 Å². The van der Waals surface area contributed by atoms with Gasteiger partial charge in [-0.1, -0.05) is 12.8 Å². The van der Waals surface area contributed by atoms with Crippen LogP contribution in [0.2, 0.25) is 0 Å². The van der Waals surface area contributed by atoms with Crippen LogP contribution in [0.3, 0.4) is 0 Å².